The molecule has 146 valence electrons. The molecule has 3 rings (SSSR count). The predicted octanol–water partition coefficient (Wildman–Crippen LogP) is 0.450. The maximum Gasteiger partial charge on any atom is 0.317 e. The van der Waals surface area contributed by atoms with Crippen molar-refractivity contribution in [2.75, 3.05) is 26.3 Å². The van der Waals surface area contributed by atoms with Gasteiger partial charge in [0.25, 0.3) is 0 Å². The average Bonchev–Trinajstić information content (AvgIpc) is 3.07. The molecule has 0 unspecified atom stereocenters. The lowest BCUT2D eigenvalue weighted by atomic mass is 9.86. The Bertz CT molecular complexity index is 723. The van der Waals surface area contributed by atoms with Crippen LogP contribution in [0.4, 0.5) is 0 Å². The average molecular weight is 386 g/mol. The van der Waals surface area contributed by atoms with Gasteiger partial charge in [-0.05, 0) is 32.2 Å². The summed E-state index contributed by atoms with van der Waals surface area (Å²) in [4.78, 5) is 12.9. The SMILES string of the molecule is CCN(CC(=O)O)C1CC(NS(=O)(=O)c2cnn(C3CCOCC3)c2)C1. The van der Waals surface area contributed by atoms with Crippen LogP contribution in [0.1, 0.15) is 38.6 Å². The van der Waals surface area contributed by atoms with Gasteiger partial charge in [-0.25, -0.2) is 13.1 Å². The molecule has 1 aromatic heterocycles. The fourth-order valence-corrected chi connectivity index (χ4v) is 4.75. The van der Waals surface area contributed by atoms with Crippen molar-refractivity contribution in [3.8, 4) is 0 Å². The Morgan fingerprint density at radius 1 is 1.42 bits per heavy atom. The van der Waals surface area contributed by atoms with Crippen LogP contribution in [-0.2, 0) is 19.6 Å². The van der Waals surface area contributed by atoms with E-state index in [-0.39, 0.29) is 29.6 Å². The molecule has 1 saturated heterocycles. The number of ether oxygens (including phenoxy) is 1. The van der Waals surface area contributed by atoms with Crippen LogP contribution in [0.2, 0.25) is 0 Å². The first-order valence-electron chi connectivity index (χ1n) is 8.99. The molecule has 1 aliphatic heterocycles. The van der Waals surface area contributed by atoms with Crippen molar-refractivity contribution >= 4 is 16.0 Å². The van der Waals surface area contributed by atoms with Crippen LogP contribution < -0.4 is 4.72 Å². The molecule has 2 N–H and O–H groups in total. The van der Waals surface area contributed by atoms with E-state index in [1.54, 1.807) is 10.9 Å². The van der Waals surface area contributed by atoms with Gasteiger partial charge in [0.05, 0.1) is 18.8 Å². The van der Waals surface area contributed by atoms with E-state index in [9.17, 15) is 13.2 Å². The van der Waals surface area contributed by atoms with Crippen molar-refractivity contribution in [2.45, 2.75) is 55.6 Å². The number of carbonyl (C=O) groups is 1. The van der Waals surface area contributed by atoms with Gasteiger partial charge in [-0.1, -0.05) is 6.92 Å². The third-order valence-electron chi connectivity index (χ3n) is 5.15. The lowest BCUT2D eigenvalue weighted by Crippen LogP contribution is -2.54. The van der Waals surface area contributed by atoms with E-state index < -0.39 is 16.0 Å². The van der Waals surface area contributed by atoms with Crippen LogP contribution in [0.3, 0.4) is 0 Å². The van der Waals surface area contributed by atoms with Gasteiger partial charge in [0, 0.05) is 31.5 Å². The lowest BCUT2D eigenvalue weighted by Gasteiger charge is -2.41. The largest absolute Gasteiger partial charge is 0.480 e. The zero-order chi connectivity index (χ0) is 18.7. The molecule has 0 atom stereocenters. The first-order chi connectivity index (χ1) is 12.4. The number of carboxylic acids is 1. The fraction of sp³-hybridized carbons (Fsp3) is 0.750. The molecule has 9 nitrogen and oxygen atoms in total. The summed E-state index contributed by atoms with van der Waals surface area (Å²) in [5, 5.41) is 13.1. The van der Waals surface area contributed by atoms with Gasteiger partial charge < -0.3 is 9.84 Å². The second kappa shape index (κ2) is 8.03. The molecule has 1 saturated carbocycles. The minimum absolute atomic E-state index is 0.0154. The van der Waals surface area contributed by atoms with Crippen molar-refractivity contribution < 1.29 is 23.1 Å². The molecule has 1 aromatic rings. The summed E-state index contributed by atoms with van der Waals surface area (Å²) in [7, 11) is -3.62. The van der Waals surface area contributed by atoms with Crippen molar-refractivity contribution in [1.29, 1.82) is 0 Å². The first-order valence-corrected chi connectivity index (χ1v) is 10.5. The Morgan fingerprint density at radius 2 is 2.12 bits per heavy atom. The summed E-state index contributed by atoms with van der Waals surface area (Å²) in [5.41, 5.74) is 0. The summed E-state index contributed by atoms with van der Waals surface area (Å²) in [6.07, 6.45) is 5.86. The van der Waals surface area contributed by atoms with E-state index in [1.165, 1.54) is 6.20 Å². The van der Waals surface area contributed by atoms with E-state index in [1.807, 2.05) is 11.8 Å². The normalized spacial score (nSPS) is 24.5. The molecule has 0 aromatic carbocycles. The summed E-state index contributed by atoms with van der Waals surface area (Å²) >= 11 is 0. The predicted molar refractivity (Wildman–Crippen MR) is 93.3 cm³/mol. The second-order valence-corrected chi connectivity index (χ2v) is 8.61. The highest BCUT2D eigenvalue weighted by Gasteiger charge is 2.36. The molecule has 26 heavy (non-hydrogen) atoms. The van der Waals surface area contributed by atoms with Crippen LogP contribution in [0.25, 0.3) is 0 Å². The summed E-state index contributed by atoms with van der Waals surface area (Å²) in [6, 6.07) is 0.114. The smallest absolute Gasteiger partial charge is 0.317 e. The van der Waals surface area contributed by atoms with Crippen LogP contribution in [0, 0.1) is 0 Å². The van der Waals surface area contributed by atoms with E-state index >= 15 is 0 Å². The molecule has 0 amide bonds. The molecule has 2 fully saturated rings. The van der Waals surface area contributed by atoms with Gasteiger partial charge in [-0.15, -0.1) is 0 Å². The number of rotatable bonds is 8. The maximum absolute atomic E-state index is 12.6. The zero-order valence-electron chi connectivity index (χ0n) is 14.9. The van der Waals surface area contributed by atoms with Gasteiger partial charge in [0.15, 0.2) is 0 Å². The first kappa shape index (κ1) is 19.3. The summed E-state index contributed by atoms with van der Waals surface area (Å²) in [5.74, 6) is -0.864. The maximum atomic E-state index is 12.6. The van der Waals surface area contributed by atoms with Crippen LogP contribution in [0.15, 0.2) is 17.3 Å². The Balaban J connectivity index is 1.55. The number of sulfonamides is 1. The minimum atomic E-state index is -3.62. The van der Waals surface area contributed by atoms with Crippen LogP contribution in [-0.4, -0.2) is 72.6 Å². The molecule has 2 aliphatic rings. The van der Waals surface area contributed by atoms with Gasteiger partial charge in [-0.2, -0.15) is 5.10 Å². The molecule has 2 heterocycles. The molecule has 10 heteroatoms. The highest BCUT2D eigenvalue weighted by atomic mass is 32.2. The Morgan fingerprint density at radius 3 is 2.73 bits per heavy atom. The number of hydrogen-bond donors (Lipinski definition) is 2. The molecule has 1 aliphatic carbocycles. The number of nitrogens with one attached hydrogen (secondary N) is 1. The van der Waals surface area contributed by atoms with Crippen LogP contribution in [0.5, 0.6) is 0 Å². The molecule has 0 radical (unpaired) electrons. The standard InChI is InChI=1S/C16H26N4O5S/c1-2-19(11-16(21)22)14-7-12(8-14)18-26(23,24)15-9-17-20(10-15)13-3-5-25-6-4-13/h9-10,12-14,18H,2-8,11H2,1H3,(H,21,22). The third kappa shape index (κ3) is 4.43. The molecule has 0 spiro atoms. The van der Waals surface area contributed by atoms with Gasteiger partial charge in [0.1, 0.15) is 4.90 Å². The van der Waals surface area contributed by atoms with Crippen molar-refractivity contribution in [3.63, 3.8) is 0 Å². The third-order valence-corrected chi connectivity index (χ3v) is 6.62. The molecular formula is C16H26N4O5S. The monoisotopic (exact) mass is 386 g/mol. The Labute approximate surface area is 153 Å². The number of nitrogens with zero attached hydrogens (tertiary/aromatic N) is 3. The van der Waals surface area contributed by atoms with Crippen molar-refractivity contribution in [1.82, 2.24) is 19.4 Å². The van der Waals surface area contributed by atoms with E-state index in [0.717, 1.165) is 12.8 Å². The minimum Gasteiger partial charge on any atom is -0.480 e. The number of carboxylic acid groups (broad SMARTS) is 1. The molecular weight excluding hydrogens is 360 g/mol. The summed E-state index contributed by atoms with van der Waals surface area (Å²) in [6.45, 7) is 3.86. The molecule has 0 bridgehead atoms. The van der Waals surface area contributed by atoms with Gasteiger partial charge in [0.2, 0.25) is 10.0 Å². The van der Waals surface area contributed by atoms with Gasteiger partial charge >= 0.3 is 5.97 Å². The topological polar surface area (TPSA) is 114 Å². The van der Waals surface area contributed by atoms with Crippen molar-refractivity contribution in [2.24, 2.45) is 0 Å². The van der Waals surface area contributed by atoms with Crippen LogP contribution >= 0.6 is 0 Å². The Hall–Kier alpha value is -1.49. The number of aromatic nitrogens is 2. The number of hydrogen-bond acceptors (Lipinski definition) is 6. The van der Waals surface area contributed by atoms with Crippen molar-refractivity contribution in [3.05, 3.63) is 12.4 Å². The van der Waals surface area contributed by atoms with Gasteiger partial charge in [-0.3, -0.25) is 14.4 Å². The quantitative estimate of drug-likeness (QED) is 0.667. The summed E-state index contributed by atoms with van der Waals surface area (Å²) < 4.78 is 34.9. The Kier molecular flexibility index (Phi) is 5.96. The lowest BCUT2D eigenvalue weighted by molar-refractivity contribution is -0.139. The fourth-order valence-electron chi connectivity index (χ4n) is 3.55. The zero-order valence-corrected chi connectivity index (χ0v) is 15.7. The highest BCUT2D eigenvalue weighted by Crippen LogP contribution is 2.27. The number of likely N-dealkylation sites (N-methyl/N-ethyl adjacent to an activating group) is 1. The number of aliphatic carboxylic acids is 1. The van der Waals surface area contributed by atoms with E-state index in [4.69, 9.17) is 9.84 Å². The van der Waals surface area contributed by atoms with E-state index in [2.05, 4.69) is 9.82 Å². The second-order valence-electron chi connectivity index (χ2n) is 6.90. The highest BCUT2D eigenvalue weighted by molar-refractivity contribution is 7.89. The van der Waals surface area contributed by atoms with E-state index in [0.29, 0.717) is 32.6 Å².